The van der Waals surface area contributed by atoms with Gasteiger partial charge in [-0.05, 0) is 43.0 Å². The molecule has 2 aromatic carbocycles. The summed E-state index contributed by atoms with van der Waals surface area (Å²) < 4.78 is 0. The molecule has 1 aliphatic rings. The van der Waals surface area contributed by atoms with Gasteiger partial charge in [-0.15, -0.1) is 24.0 Å². The topological polar surface area (TPSA) is 65.5 Å². The van der Waals surface area contributed by atoms with Gasteiger partial charge in [0.05, 0.1) is 6.54 Å². The van der Waals surface area contributed by atoms with Gasteiger partial charge in [-0.1, -0.05) is 56.3 Å². The van der Waals surface area contributed by atoms with Gasteiger partial charge in [-0.2, -0.15) is 0 Å². The summed E-state index contributed by atoms with van der Waals surface area (Å²) in [6, 6.07) is 18.6. The molecule has 2 aromatic rings. The minimum atomic E-state index is -0.0290. The van der Waals surface area contributed by atoms with Crippen molar-refractivity contribution in [1.29, 1.82) is 0 Å². The van der Waals surface area contributed by atoms with Crippen molar-refractivity contribution in [3.8, 4) is 0 Å². The van der Waals surface area contributed by atoms with E-state index >= 15 is 0 Å². The molecule has 0 saturated heterocycles. The Balaban J connectivity index is 0.00000320. The summed E-state index contributed by atoms with van der Waals surface area (Å²) >= 11 is 0. The molecule has 0 radical (unpaired) electrons. The van der Waals surface area contributed by atoms with Crippen molar-refractivity contribution in [2.24, 2.45) is 10.9 Å². The van der Waals surface area contributed by atoms with Gasteiger partial charge in [-0.25, -0.2) is 4.99 Å². The van der Waals surface area contributed by atoms with Crippen molar-refractivity contribution in [3.63, 3.8) is 0 Å². The summed E-state index contributed by atoms with van der Waals surface area (Å²) in [5.41, 5.74) is 3.57. The van der Waals surface area contributed by atoms with Gasteiger partial charge in [0.15, 0.2) is 5.96 Å². The largest absolute Gasteiger partial charge is 0.357 e. The van der Waals surface area contributed by atoms with E-state index in [1.807, 2.05) is 38.1 Å². The lowest BCUT2D eigenvalue weighted by Gasteiger charge is -2.19. The van der Waals surface area contributed by atoms with Gasteiger partial charge >= 0.3 is 0 Å². The fourth-order valence-corrected chi connectivity index (χ4v) is 3.26. The molecule has 162 valence electrons. The highest BCUT2D eigenvalue weighted by molar-refractivity contribution is 14.0. The molecule has 1 saturated carbocycles. The van der Waals surface area contributed by atoms with Crippen LogP contribution in [0.1, 0.15) is 44.7 Å². The number of hydrogen-bond acceptors (Lipinski definition) is 2. The highest BCUT2D eigenvalue weighted by atomic mass is 127. The average molecular weight is 520 g/mol. The zero-order valence-electron chi connectivity index (χ0n) is 18.1. The maximum atomic E-state index is 11.8. The third-order valence-corrected chi connectivity index (χ3v) is 5.34. The molecule has 0 unspecified atom stereocenters. The van der Waals surface area contributed by atoms with Crippen LogP contribution in [-0.4, -0.2) is 25.0 Å². The first kappa shape index (κ1) is 24.2. The lowest BCUT2D eigenvalue weighted by atomic mass is 9.96. The van der Waals surface area contributed by atoms with Gasteiger partial charge in [0.2, 0.25) is 5.91 Å². The molecule has 0 aromatic heterocycles. The summed E-state index contributed by atoms with van der Waals surface area (Å²) in [6.45, 7) is 8.15. The van der Waals surface area contributed by atoms with E-state index in [0.29, 0.717) is 6.54 Å². The summed E-state index contributed by atoms with van der Waals surface area (Å²) in [7, 11) is 0. The zero-order chi connectivity index (χ0) is 20.7. The second kappa shape index (κ2) is 11.3. The van der Waals surface area contributed by atoms with Gasteiger partial charge in [0.1, 0.15) is 0 Å². The fraction of sp³-hybridized carbons (Fsp3) is 0.417. The summed E-state index contributed by atoms with van der Waals surface area (Å²) in [5.74, 6) is 0.840. The molecular formula is C24H33IN4O. The SMILES string of the molecule is CCNC(=NCc1ccc(NC(=O)C(C)C)cc1)NCC1(c2ccccc2)CC1.I. The second-order valence-corrected chi connectivity index (χ2v) is 8.04. The summed E-state index contributed by atoms with van der Waals surface area (Å²) in [5, 5.41) is 9.77. The molecule has 0 heterocycles. The fourth-order valence-electron chi connectivity index (χ4n) is 3.26. The Morgan fingerprint density at radius 1 is 1.03 bits per heavy atom. The van der Waals surface area contributed by atoms with Crippen LogP contribution in [0, 0.1) is 5.92 Å². The standard InChI is InChI=1S/C24H32N4O.HI/c1-4-25-23(27-17-24(14-15-24)20-8-6-5-7-9-20)26-16-19-10-12-21(13-11-19)28-22(29)18(2)3;/h5-13,18H,4,14-17H2,1-3H3,(H,28,29)(H2,25,26,27);1H. The number of hydrogen-bond donors (Lipinski definition) is 3. The number of nitrogens with one attached hydrogen (secondary N) is 3. The number of halogens is 1. The van der Waals surface area contributed by atoms with E-state index in [1.165, 1.54) is 18.4 Å². The van der Waals surface area contributed by atoms with Crippen LogP contribution in [0.15, 0.2) is 59.6 Å². The summed E-state index contributed by atoms with van der Waals surface area (Å²) in [6.07, 6.45) is 2.43. The van der Waals surface area contributed by atoms with Crippen LogP contribution < -0.4 is 16.0 Å². The molecule has 1 fully saturated rings. The van der Waals surface area contributed by atoms with E-state index in [9.17, 15) is 4.79 Å². The average Bonchev–Trinajstić information content (AvgIpc) is 3.53. The number of guanidine groups is 1. The maximum absolute atomic E-state index is 11.8. The molecule has 0 bridgehead atoms. The Morgan fingerprint density at radius 3 is 2.27 bits per heavy atom. The van der Waals surface area contributed by atoms with E-state index in [0.717, 1.165) is 30.3 Å². The normalized spacial score (nSPS) is 14.6. The van der Waals surface area contributed by atoms with Gasteiger partial charge in [0.25, 0.3) is 0 Å². The van der Waals surface area contributed by atoms with Crippen molar-refractivity contribution in [2.75, 3.05) is 18.4 Å². The third-order valence-electron chi connectivity index (χ3n) is 5.34. The van der Waals surface area contributed by atoms with Crippen molar-refractivity contribution >= 4 is 41.5 Å². The third kappa shape index (κ3) is 6.72. The van der Waals surface area contributed by atoms with E-state index in [2.05, 4.69) is 53.2 Å². The highest BCUT2D eigenvalue weighted by Gasteiger charge is 2.43. The number of rotatable bonds is 8. The van der Waals surface area contributed by atoms with Crippen molar-refractivity contribution in [1.82, 2.24) is 10.6 Å². The monoisotopic (exact) mass is 520 g/mol. The first-order chi connectivity index (χ1) is 14.0. The predicted molar refractivity (Wildman–Crippen MR) is 135 cm³/mol. The number of benzene rings is 2. The van der Waals surface area contributed by atoms with Gasteiger partial charge in [0, 0.05) is 30.1 Å². The van der Waals surface area contributed by atoms with Crippen molar-refractivity contribution in [3.05, 3.63) is 65.7 Å². The van der Waals surface area contributed by atoms with Crippen molar-refractivity contribution in [2.45, 2.75) is 45.6 Å². The van der Waals surface area contributed by atoms with E-state index in [1.54, 1.807) is 0 Å². The number of anilines is 1. The first-order valence-electron chi connectivity index (χ1n) is 10.5. The lowest BCUT2D eigenvalue weighted by Crippen LogP contribution is -2.41. The predicted octanol–water partition coefficient (Wildman–Crippen LogP) is 4.69. The highest BCUT2D eigenvalue weighted by Crippen LogP contribution is 2.47. The van der Waals surface area contributed by atoms with Gasteiger partial charge < -0.3 is 16.0 Å². The van der Waals surface area contributed by atoms with Gasteiger partial charge in [-0.3, -0.25) is 4.79 Å². The molecular weight excluding hydrogens is 487 g/mol. The van der Waals surface area contributed by atoms with Crippen LogP contribution in [-0.2, 0) is 16.8 Å². The summed E-state index contributed by atoms with van der Waals surface area (Å²) in [4.78, 5) is 16.5. The van der Waals surface area contributed by atoms with E-state index in [4.69, 9.17) is 4.99 Å². The number of amides is 1. The number of carbonyl (C=O) groups is 1. The number of carbonyl (C=O) groups excluding carboxylic acids is 1. The minimum Gasteiger partial charge on any atom is -0.357 e. The Morgan fingerprint density at radius 2 is 1.70 bits per heavy atom. The Labute approximate surface area is 197 Å². The second-order valence-electron chi connectivity index (χ2n) is 8.04. The molecule has 5 nitrogen and oxygen atoms in total. The van der Waals surface area contributed by atoms with Crippen LogP contribution in [0.3, 0.4) is 0 Å². The lowest BCUT2D eigenvalue weighted by molar-refractivity contribution is -0.118. The minimum absolute atomic E-state index is 0. The molecule has 1 aliphatic carbocycles. The van der Waals surface area contributed by atoms with Crippen LogP contribution in [0.2, 0.25) is 0 Å². The van der Waals surface area contributed by atoms with Crippen LogP contribution in [0.4, 0.5) is 5.69 Å². The maximum Gasteiger partial charge on any atom is 0.226 e. The molecule has 0 spiro atoms. The molecule has 30 heavy (non-hydrogen) atoms. The molecule has 3 rings (SSSR count). The molecule has 0 atom stereocenters. The molecule has 1 amide bonds. The van der Waals surface area contributed by atoms with Crippen molar-refractivity contribution < 1.29 is 4.79 Å². The van der Waals surface area contributed by atoms with E-state index < -0.39 is 0 Å². The molecule has 0 aliphatic heterocycles. The Bertz CT molecular complexity index is 830. The van der Waals surface area contributed by atoms with Crippen LogP contribution >= 0.6 is 24.0 Å². The zero-order valence-corrected chi connectivity index (χ0v) is 20.4. The Hall–Kier alpha value is -2.09. The number of aliphatic imine (C=N–C) groups is 1. The smallest absolute Gasteiger partial charge is 0.226 e. The van der Waals surface area contributed by atoms with Crippen LogP contribution in [0.25, 0.3) is 0 Å². The van der Waals surface area contributed by atoms with Crippen LogP contribution in [0.5, 0.6) is 0 Å². The molecule has 3 N–H and O–H groups in total. The number of nitrogens with zero attached hydrogens (tertiary/aromatic N) is 1. The quantitative estimate of drug-likeness (QED) is 0.269. The van der Waals surface area contributed by atoms with E-state index in [-0.39, 0.29) is 41.2 Å². The first-order valence-corrected chi connectivity index (χ1v) is 10.5. The Kier molecular flexibility index (Phi) is 9.14. The molecule has 6 heteroatoms.